The third-order valence-electron chi connectivity index (χ3n) is 2.09. The number of carboxylic acids is 1. The maximum absolute atomic E-state index is 11.3. The van der Waals surface area contributed by atoms with E-state index in [0.717, 1.165) is 12.8 Å². The Morgan fingerprint density at radius 1 is 1.31 bits per heavy atom. The van der Waals surface area contributed by atoms with E-state index in [2.05, 4.69) is 5.32 Å². The van der Waals surface area contributed by atoms with Crippen molar-refractivity contribution in [3.05, 3.63) is 0 Å². The van der Waals surface area contributed by atoms with E-state index in [0.29, 0.717) is 0 Å². The number of carboxylic acid groups (broad SMARTS) is 1. The van der Waals surface area contributed by atoms with Crippen LogP contribution >= 0.6 is 0 Å². The number of rotatable bonds is 5. The Morgan fingerprint density at radius 3 is 2.08 bits per heavy atom. The zero-order valence-corrected chi connectivity index (χ0v) is 8.33. The van der Waals surface area contributed by atoms with Gasteiger partial charge in [0.05, 0.1) is 0 Å². The summed E-state index contributed by atoms with van der Waals surface area (Å²) in [5.41, 5.74) is 0. The van der Waals surface area contributed by atoms with Crippen molar-refractivity contribution < 1.29 is 14.7 Å². The lowest BCUT2D eigenvalue weighted by atomic mass is 10.0. The molecule has 4 nitrogen and oxygen atoms in total. The summed E-state index contributed by atoms with van der Waals surface area (Å²) in [4.78, 5) is 21.8. The summed E-state index contributed by atoms with van der Waals surface area (Å²) in [7, 11) is 0. The Bertz CT molecular complexity index is 187. The molecule has 13 heavy (non-hydrogen) atoms. The monoisotopic (exact) mass is 187 g/mol. The first-order valence-electron chi connectivity index (χ1n) is 4.56. The van der Waals surface area contributed by atoms with Crippen molar-refractivity contribution >= 4 is 11.9 Å². The first-order valence-corrected chi connectivity index (χ1v) is 4.56. The van der Waals surface area contributed by atoms with Crippen LogP contribution in [0.2, 0.25) is 0 Å². The number of hydrogen-bond acceptors (Lipinski definition) is 2. The molecule has 0 saturated heterocycles. The second-order valence-corrected chi connectivity index (χ2v) is 3.08. The van der Waals surface area contributed by atoms with Gasteiger partial charge < -0.3 is 10.4 Å². The number of carbonyl (C=O) groups excluding carboxylic acids is 1. The Balaban J connectivity index is 4.05. The lowest BCUT2D eigenvalue weighted by Gasteiger charge is -2.15. The second kappa shape index (κ2) is 5.56. The summed E-state index contributed by atoms with van der Waals surface area (Å²) in [6.45, 7) is 5.29. The molecule has 0 aromatic rings. The zero-order chi connectivity index (χ0) is 10.4. The molecule has 1 amide bonds. The third-order valence-corrected chi connectivity index (χ3v) is 2.09. The standard InChI is InChI=1S/C9H17NO3/c1-4-7(5-2)8(11)10-6(3)9(12)13/h6-7H,4-5H2,1-3H3,(H,10,11)(H,12,13)/t6-/m0/s1. The zero-order valence-electron chi connectivity index (χ0n) is 8.33. The fourth-order valence-electron chi connectivity index (χ4n) is 1.05. The van der Waals surface area contributed by atoms with Gasteiger partial charge in [0.1, 0.15) is 6.04 Å². The van der Waals surface area contributed by atoms with Crippen LogP contribution in [0.1, 0.15) is 33.6 Å². The van der Waals surface area contributed by atoms with E-state index in [-0.39, 0.29) is 11.8 Å². The predicted octanol–water partition coefficient (Wildman–Crippen LogP) is 1.01. The van der Waals surface area contributed by atoms with Gasteiger partial charge in [0, 0.05) is 5.92 Å². The van der Waals surface area contributed by atoms with Gasteiger partial charge in [-0.2, -0.15) is 0 Å². The van der Waals surface area contributed by atoms with Gasteiger partial charge >= 0.3 is 5.97 Å². The third kappa shape index (κ3) is 3.92. The summed E-state index contributed by atoms with van der Waals surface area (Å²) >= 11 is 0. The van der Waals surface area contributed by atoms with Crippen LogP contribution in [0.15, 0.2) is 0 Å². The maximum Gasteiger partial charge on any atom is 0.325 e. The highest BCUT2D eigenvalue weighted by molar-refractivity contribution is 5.84. The SMILES string of the molecule is CCC(CC)C(=O)N[C@@H](C)C(=O)O. The molecule has 0 radical (unpaired) electrons. The summed E-state index contributed by atoms with van der Waals surface area (Å²) in [6.07, 6.45) is 1.49. The van der Waals surface area contributed by atoms with Crippen LogP contribution in [0.3, 0.4) is 0 Å². The first kappa shape index (κ1) is 11.9. The van der Waals surface area contributed by atoms with Crippen LogP contribution in [-0.4, -0.2) is 23.0 Å². The van der Waals surface area contributed by atoms with E-state index in [4.69, 9.17) is 5.11 Å². The average Bonchev–Trinajstić information content (AvgIpc) is 2.06. The molecule has 0 rings (SSSR count). The van der Waals surface area contributed by atoms with Crippen molar-refractivity contribution in [3.63, 3.8) is 0 Å². The highest BCUT2D eigenvalue weighted by Gasteiger charge is 2.19. The van der Waals surface area contributed by atoms with Crippen molar-refractivity contribution in [2.24, 2.45) is 5.92 Å². The molecule has 0 heterocycles. The molecule has 0 saturated carbocycles. The molecular formula is C9H17NO3. The van der Waals surface area contributed by atoms with Crippen LogP contribution in [0.25, 0.3) is 0 Å². The van der Waals surface area contributed by atoms with Gasteiger partial charge in [-0.05, 0) is 19.8 Å². The van der Waals surface area contributed by atoms with Gasteiger partial charge in [-0.25, -0.2) is 0 Å². The molecule has 0 bridgehead atoms. The molecule has 76 valence electrons. The van der Waals surface area contributed by atoms with Crippen LogP contribution in [0, 0.1) is 5.92 Å². The molecular weight excluding hydrogens is 170 g/mol. The summed E-state index contributed by atoms with van der Waals surface area (Å²) in [5.74, 6) is -1.24. The second-order valence-electron chi connectivity index (χ2n) is 3.08. The largest absolute Gasteiger partial charge is 0.480 e. The number of amides is 1. The van der Waals surface area contributed by atoms with Gasteiger partial charge in [-0.15, -0.1) is 0 Å². The smallest absolute Gasteiger partial charge is 0.325 e. The first-order chi connectivity index (χ1) is 6.02. The Morgan fingerprint density at radius 2 is 1.77 bits per heavy atom. The Labute approximate surface area is 78.3 Å². The van der Waals surface area contributed by atoms with Crippen LogP contribution in [0.4, 0.5) is 0 Å². The van der Waals surface area contributed by atoms with E-state index in [1.165, 1.54) is 6.92 Å². The topological polar surface area (TPSA) is 66.4 Å². The van der Waals surface area contributed by atoms with Crippen molar-refractivity contribution in [2.45, 2.75) is 39.7 Å². The summed E-state index contributed by atoms with van der Waals surface area (Å²) < 4.78 is 0. The lowest BCUT2D eigenvalue weighted by Crippen LogP contribution is -2.41. The van der Waals surface area contributed by atoms with Gasteiger partial charge in [0.25, 0.3) is 0 Å². The van der Waals surface area contributed by atoms with Crippen molar-refractivity contribution in [1.82, 2.24) is 5.32 Å². The van der Waals surface area contributed by atoms with Crippen molar-refractivity contribution in [3.8, 4) is 0 Å². The number of aliphatic carboxylic acids is 1. The molecule has 4 heteroatoms. The van der Waals surface area contributed by atoms with E-state index < -0.39 is 12.0 Å². The highest BCUT2D eigenvalue weighted by atomic mass is 16.4. The van der Waals surface area contributed by atoms with Crippen LogP contribution in [-0.2, 0) is 9.59 Å². The molecule has 0 spiro atoms. The van der Waals surface area contributed by atoms with E-state index in [9.17, 15) is 9.59 Å². The van der Waals surface area contributed by atoms with Crippen LogP contribution in [0.5, 0.6) is 0 Å². The average molecular weight is 187 g/mol. The molecule has 0 aromatic heterocycles. The van der Waals surface area contributed by atoms with E-state index in [1.807, 2.05) is 13.8 Å². The number of hydrogen-bond donors (Lipinski definition) is 2. The minimum atomic E-state index is -1.00. The quantitative estimate of drug-likeness (QED) is 0.675. The maximum atomic E-state index is 11.3. The minimum absolute atomic E-state index is 0.0678. The van der Waals surface area contributed by atoms with Crippen molar-refractivity contribution in [1.29, 1.82) is 0 Å². The van der Waals surface area contributed by atoms with Gasteiger partial charge in [-0.3, -0.25) is 9.59 Å². The molecule has 1 atom stereocenters. The van der Waals surface area contributed by atoms with Crippen LogP contribution < -0.4 is 5.32 Å². The van der Waals surface area contributed by atoms with Gasteiger partial charge in [-0.1, -0.05) is 13.8 Å². The van der Waals surface area contributed by atoms with Gasteiger partial charge in [0.2, 0.25) is 5.91 Å². The molecule has 0 aromatic carbocycles. The highest BCUT2D eigenvalue weighted by Crippen LogP contribution is 2.07. The summed E-state index contributed by atoms with van der Waals surface area (Å²) in [5, 5.41) is 11.0. The molecule has 0 aliphatic carbocycles. The summed E-state index contributed by atoms with van der Waals surface area (Å²) in [6, 6.07) is -0.798. The van der Waals surface area contributed by atoms with Crippen molar-refractivity contribution in [2.75, 3.05) is 0 Å². The Kier molecular flexibility index (Phi) is 5.11. The molecule has 2 N–H and O–H groups in total. The molecule has 0 unspecified atom stereocenters. The number of nitrogens with one attached hydrogen (secondary N) is 1. The fourth-order valence-corrected chi connectivity index (χ4v) is 1.05. The molecule has 0 fully saturated rings. The lowest BCUT2D eigenvalue weighted by molar-refractivity contribution is -0.142. The predicted molar refractivity (Wildman–Crippen MR) is 49.3 cm³/mol. The normalized spacial score (nSPS) is 12.6. The van der Waals surface area contributed by atoms with Gasteiger partial charge in [0.15, 0.2) is 0 Å². The Hall–Kier alpha value is -1.06. The van der Waals surface area contributed by atoms with E-state index in [1.54, 1.807) is 0 Å². The number of carbonyl (C=O) groups is 2. The molecule has 0 aliphatic heterocycles. The molecule has 0 aliphatic rings. The fraction of sp³-hybridized carbons (Fsp3) is 0.778. The minimum Gasteiger partial charge on any atom is -0.480 e. The van der Waals surface area contributed by atoms with E-state index >= 15 is 0 Å².